The van der Waals surface area contributed by atoms with Gasteiger partial charge in [0.05, 0.1) is 23.9 Å². The van der Waals surface area contributed by atoms with Gasteiger partial charge < -0.3 is 19.1 Å². The number of nitrogens with zero attached hydrogens (tertiary/aromatic N) is 4. The van der Waals surface area contributed by atoms with Gasteiger partial charge in [-0.2, -0.15) is 5.10 Å². The number of aromatic nitrogens is 3. The normalized spacial score (nSPS) is 19.2. The maximum absolute atomic E-state index is 16.0. The highest BCUT2D eigenvalue weighted by Crippen LogP contribution is 2.43. The fraction of sp³-hybridized carbons (Fsp3) is 0.390. The number of hydrogen-bond donors (Lipinski definition) is 1. The number of H-pyrrole nitrogens is 1. The van der Waals surface area contributed by atoms with Crippen molar-refractivity contribution in [2.45, 2.75) is 77.4 Å². The maximum atomic E-state index is 16.0. The molecular formula is C41H46FN5O4. The Balaban J connectivity index is 1.29. The number of carbonyl (C=O) groups excluding carboxylic acids is 1. The van der Waals surface area contributed by atoms with Crippen molar-refractivity contribution in [1.82, 2.24) is 25.0 Å². The van der Waals surface area contributed by atoms with E-state index in [1.807, 2.05) is 87.2 Å². The Morgan fingerprint density at radius 3 is 2.49 bits per heavy atom. The molecule has 0 spiro atoms. The predicted octanol–water partition coefficient (Wildman–Crippen LogP) is 8.56. The number of halogens is 1. The SMILES string of the molecule is Cc1[nH]nc2nc(-c3ccc(OCc4ccccc4)cc3F)cc(C(C3CCCCO3)N3CCN(C(=O)OC(C)(C)C)CC3c3ccccc3)c12. The molecule has 0 saturated carbocycles. The summed E-state index contributed by atoms with van der Waals surface area (Å²) in [4.78, 5) is 22.5. The van der Waals surface area contributed by atoms with Crippen molar-refractivity contribution in [3.63, 3.8) is 0 Å². The summed E-state index contributed by atoms with van der Waals surface area (Å²) in [7, 11) is 0. The van der Waals surface area contributed by atoms with Crippen molar-refractivity contribution in [2.24, 2.45) is 0 Å². The number of aryl methyl sites for hydroxylation is 1. The van der Waals surface area contributed by atoms with Crippen LogP contribution in [0, 0.1) is 12.7 Å². The molecule has 4 heterocycles. The van der Waals surface area contributed by atoms with E-state index in [-0.39, 0.29) is 24.3 Å². The third-order valence-electron chi connectivity index (χ3n) is 9.70. The summed E-state index contributed by atoms with van der Waals surface area (Å²) in [6.07, 6.45) is 2.46. The summed E-state index contributed by atoms with van der Waals surface area (Å²) >= 11 is 0. The van der Waals surface area contributed by atoms with Crippen LogP contribution in [0.4, 0.5) is 9.18 Å². The highest BCUT2D eigenvalue weighted by atomic mass is 19.1. The second kappa shape index (κ2) is 14.8. The zero-order valence-electron chi connectivity index (χ0n) is 29.8. The molecule has 2 fully saturated rings. The summed E-state index contributed by atoms with van der Waals surface area (Å²) in [6, 6.07) is 26.7. The third kappa shape index (κ3) is 7.77. The fourth-order valence-corrected chi connectivity index (χ4v) is 7.32. The van der Waals surface area contributed by atoms with E-state index in [9.17, 15) is 4.79 Å². The lowest BCUT2D eigenvalue weighted by Gasteiger charge is -2.48. The Hall–Kier alpha value is -4.80. The van der Waals surface area contributed by atoms with Gasteiger partial charge in [-0.25, -0.2) is 14.2 Å². The second-order valence-corrected chi connectivity index (χ2v) is 14.5. The standard InChI is InChI=1S/C41H46FN5O4/c1-27-37-32(24-34(43-39(37)45-44-27)31-19-18-30(23-33(31)42)50-26-28-13-7-5-8-14-28)38(36-17-11-12-22-49-36)47-21-20-46(40(48)51-41(2,3)4)25-35(47)29-15-9-6-10-16-29/h5-10,13-16,18-19,23-24,35-36,38H,11-12,17,20-22,25-26H2,1-4H3,(H,43,44,45). The number of carbonyl (C=O) groups is 1. The lowest BCUT2D eigenvalue weighted by Crippen LogP contribution is -2.54. The molecule has 2 aliphatic heterocycles. The van der Waals surface area contributed by atoms with Gasteiger partial charge in [0.25, 0.3) is 0 Å². The molecule has 3 atom stereocenters. The Morgan fingerprint density at radius 2 is 1.78 bits per heavy atom. The summed E-state index contributed by atoms with van der Waals surface area (Å²) in [5.74, 6) is 0.0169. The summed E-state index contributed by atoms with van der Waals surface area (Å²) < 4.78 is 34.3. The molecule has 2 saturated heterocycles. The third-order valence-corrected chi connectivity index (χ3v) is 9.70. The van der Waals surface area contributed by atoms with E-state index in [1.54, 1.807) is 12.1 Å². The molecule has 2 aliphatic rings. The molecule has 9 nitrogen and oxygen atoms in total. The van der Waals surface area contributed by atoms with Crippen LogP contribution in [0.5, 0.6) is 5.75 Å². The largest absolute Gasteiger partial charge is 0.489 e. The van der Waals surface area contributed by atoms with E-state index >= 15 is 4.39 Å². The van der Waals surface area contributed by atoms with E-state index in [0.717, 1.165) is 47.0 Å². The maximum Gasteiger partial charge on any atom is 0.410 e. The van der Waals surface area contributed by atoms with Crippen molar-refractivity contribution >= 4 is 17.1 Å². The van der Waals surface area contributed by atoms with Gasteiger partial charge in [-0.05, 0) is 81.8 Å². The smallest absolute Gasteiger partial charge is 0.410 e. The number of piperazine rings is 1. The van der Waals surface area contributed by atoms with Gasteiger partial charge in [0.15, 0.2) is 5.65 Å². The van der Waals surface area contributed by atoms with Gasteiger partial charge >= 0.3 is 6.09 Å². The first-order valence-corrected chi connectivity index (χ1v) is 17.9. The minimum atomic E-state index is -0.603. The molecule has 1 amide bonds. The van der Waals surface area contributed by atoms with Gasteiger partial charge in [0.1, 0.15) is 23.8 Å². The number of aromatic amines is 1. The first-order chi connectivity index (χ1) is 24.6. The van der Waals surface area contributed by atoms with Gasteiger partial charge in [0.2, 0.25) is 0 Å². The van der Waals surface area contributed by atoms with Crippen LogP contribution in [-0.4, -0.2) is 69.0 Å². The first kappa shape index (κ1) is 34.6. The number of amides is 1. The van der Waals surface area contributed by atoms with Crippen LogP contribution in [-0.2, 0) is 16.1 Å². The first-order valence-electron chi connectivity index (χ1n) is 17.9. The Bertz CT molecular complexity index is 1960. The van der Waals surface area contributed by atoms with Crippen LogP contribution in [0.2, 0.25) is 0 Å². The second-order valence-electron chi connectivity index (χ2n) is 14.5. The van der Waals surface area contributed by atoms with Crippen molar-refractivity contribution in [1.29, 1.82) is 0 Å². The Morgan fingerprint density at radius 1 is 1.02 bits per heavy atom. The van der Waals surface area contributed by atoms with Gasteiger partial charge in [-0.1, -0.05) is 60.7 Å². The zero-order chi connectivity index (χ0) is 35.5. The Kier molecular flexibility index (Phi) is 10.1. The minimum absolute atomic E-state index is 0.135. The van der Waals surface area contributed by atoms with Crippen molar-refractivity contribution in [3.05, 3.63) is 113 Å². The summed E-state index contributed by atoms with van der Waals surface area (Å²) in [6.45, 7) is 10.2. The Labute approximate surface area is 298 Å². The van der Waals surface area contributed by atoms with Gasteiger partial charge in [0, 0.05) is 49.0 Å². The van der Waals surface area contributed by atoms with Crippen LogP contribution in [0.3, 0.4) is 0 Å². The minimum Gasteiger partial charge on any atom is -0.489 e. The molecular weight excluding hydrogens is 645 g/mol. The van der Waals surface area contributed by atoms with Crippen LogP contribution in [0.1, 0.15) is 74.5 Å². The molecule has 3 unspecified atom stereocenters. The molecule has 0 bridgehead atoms. The summed E-state index contributed by atoms with van der Waals surface area (Å²) in [5, 5.41) is 8.63. The van der Waals surface area contributed by atoms with E-state index in [0.29, 0.717) is 55.5 Å². The molecule has 266 valence electrons. The molecule has 7 rings (SSSR count). The molecule has 0 aliphatic carbocycles. The van der Waals surface area contributed by atoms with Gasteiger partial charge in [-0.3, -0.25) is 10.00 Å². The number of benzene rings is 3. The number of hydrogen-bond acceptors (Lipinski definition) is 7. The van der Waals surface area contributed by atoms with Crippen LogP contribution < -0.4 is 4.74 Å². The number of rotatable bonds is 8. The molecule has 3 aromatic carbocycles. The molecule has 2 aromatic heterocycles. The number of fused-ring (bicyclic) bond motifs is 1. The van der Waals surface area contributed by atoms with Crippen molar-refractivity contribution < 1.29 is 23.4 Å². The molecule has 1 N–H and O–H groups in total. The predicted molar refractivity (Wildman–Crippen MR) is 195 cm³/mol. The van der Waals surface area contributed by atoms with Crippen LogP contribution in [0.25, 0.3) is 22.3 Å². The van der Waals surface area contributed by atoms with E-state index < -0.39 is 11.4 Å². The van der Waals surface area contributed by atoms with Crippen molar-refractivity contribution in [3.8, 4) is 17.0 Å². The van der Waals surface area contributed by atoms with E-state index in [2.05, 4.69) is 27.2 Å². The molecule has 10 heteroatoms. The molecule has 0 radical (unpaired) electrons. The van der Waals surface area contributed by atoms with Crippen molar-refractivity contribution in [2.75, 3.05) is 26.2 Å². The average Bonchev–Trinajstić information content (AvgIpc) is 3.51. The fourth-order valence-electron chi connectivity index (χ4n) is 7.32. The monoisotopic (exact) mass is 691 g/mol. The highest BCUT2D eigenvalue weighted by Gasteiger charge is 2.42. The molecule has 5 aromatic rings. The average molecular weight is 692 g/mol. The lowest BCUT2D eigenvalue weighted by atomic mass is 9.88. The van der Waals surface area contributed by atoms with E-state index in [4.69, 9.17) is 19.2 Å². The van der Waals surface area contributed by atoms with Gasteiger partial charge in [-0.15, -0.1) is 0 Å². The topological polar surface area (TPSA) is 92.8 Å². The number of pyridine rings is 1. The zero-order valence-corrected chi connectivity index (χ0v) is 29.8. The number of nitrogens with one attached hydrogen (secondary N) is 1. The molecule has 51 heavy (non-hydrogen) atoms. The summed E-state index contributed by atoms with van der Waals surface area (Å²) in [5.41, 5.74) is 4.73. The quantitative estimate of drug-likeness (QED) is 0.174. The highest BCUT2D eigenvalue weighted by molar-refractivity contribution is 5.85. The van der Waals surface area contributed by atoms with Crippen LogP contribution in [0.15, 0.2) is 84.9 Å². The number of ether oxygens (including phenoxy) is 3. The van der Waals surface area contributed by atoms with E-state index in [1.165, 1.54) is 6.07 Å². The van der Waals surface area contributed by atoms with Crippen LogP contribution >= 0.6 is 0 Å². The lowest BCUT2D eigenvalue weighted by molar-refractivity contribution is -0.0718.